The number of aliphatic hydroxyl groups excluding tert-OH is 2. The molecule has 0 bridgehead atoms. The fourth-order valence-corrected chi connectivity index (χ4v) is 11.0. The van der Waals surface area contributed by atoms with Crippen LogP contribution in [0.25, 0.3) is 0 Å². The third kappa shape index (κ3) is 66.6. The second kappa shape index (κ2) is 70.0. The van der Waals surface area contributed by atoms with Crippen LogP contribution in [0.4, 0.5) is 0 Å². The average Bonchev–Trinajstić information content (AvgIpc) is 3.47. The van der Waals surface area contributed by atoms with Gasteiger partial charge in [0.15, 0.2) is 0 Å². The van der Waals surface area contributed by atoms with Crippen LogP contribution in [0.3, 0.4) is 0 Å². The second-order valence-electron chi connectivity index (χ2n) is 24.6. The van der Waals surface area contributed by atoms with E-state index in [4.69, 9.17) is 4.74 Å². The van der Waals surface area contributed by atoms with E-state index in [9.17, 15) is 19.8 Å². The lowest BCUT2D eigenvalue weighted by Gasteiger charge is -2.20. The summed E-state index contributed by atoms with van der Waals surface area (Å²) in [6.07, 6.45) is 93.0. The van der Waals surface area contributed by atoms with Crippen LogP contribution in [0.5, 0.6) is 0 Å². The Balaban J connectivity index is 3.42. The van der Waals surface area contributed by atoms with Crippen molar-refractivity contribution in [1.82, 2.24) is 5.32 Å². The van der Waals surface area contributed by atoms with Gasteiger partial charge in [-0.3, -0.25) is 9.59 Å². The van der Waals surface area contributed by atoms with E-state index in [1.807, 2.05) is 6.08 Å². The summed E-state index contributed by atoms with van der Waals surface area (Å²) >= 11 is 0. The first kappa shape index (κ1) is 78.6. The average molecular weight is 1130 g/mol. The lowest BCUT2D eigenvalue weighted by Crippen LogP contribution is -2.45. The maximum Gasteiger partial charge on any atom is 0.305 e. The Hall–Kier alpha value is -2.44. The molecular weight excluding hydrogens is 995 g/mol. The maximum absolute atomic E-state index is 12.5. The van der Waals surface area contributed by atoms with Crippen molar-refractivity contribution in [3.63, 3.8) is 0 Å². The number of allylic oxidation sites excluding steroid dienone is 9. The van der Waals surface area contributed by atoms with Crippen molar-refractivity contribution in [3.8, 4) is 0 Å². The number of ether oxygens (including phenoxy) is 1. The minimum atomic E-state index is -0.846. The van der Waals surface area contributed by atoms with Gasteiger partial charge < -0.3 is 20.3 Å². The molecule has 0 aliphatic carbocycles. The number of carbonyl (C=O) groups is 2. The highest BCUT2D eigenvalue weighted by atomic mass is 16.5. The zero-order valence-electron chi connectivity index (χ0n) is 54.3. The number of carbonyl (C=O) groups excluding carboxylic acids is 2. The number of unbranched alkanes of at least 4 members (excludes halogenated alkanes) is 48. The predicted molar refractivity (Wildman–Crippen MR) is 356 cm³/mol. The molecule has 0 radical (unpaired) electrons. The fraction of sp³-hybridized carbons (Fsp3) is 0.840. The van der Waals surface area contributed by atoms with E-state index in [1.54, 1.807) is 6.08 Å². The molecule has 0 aliphatic heterocycles. The lowest BCUT2D eigenvalue weighted by atomic mass is 10.0. The molecular formula is C75H139NO5. The van der Waals surface area contributed by atoms with Crippen molar-refractivity contribution in [2.45, 2.75) is 392 Å². The Morgan fingerprint density at radius 2 is 0.617 bits per heavy atom. The van der Waals surface area contributed by atoms with E-state index in [-0.39, 0.29) is 18.5 Å². The third-order valence-corrected chi connectivity index (χ3v) is 16.5. The van der Waals surface area contributed by atoms with E-state index < -0.39 is 12.1 Å². The van der Waals surface area contributed by atoms with Gasteiger partial charge in [0.1, 0.15) is 0 Å². The molecule has 0 saturated heterocycles. The molecule has 474 valence electrons. The highest BCUT2D eigenvalue weighted by Gasteiger charge is 2.18. The van der Waals surface area contributed by atoms with Gasteiger partial charge in [-0.1, -0.05) is 331 Å². The fourth-order valence-electron chi connectivity index (χ4n) is 11.0. The minimum absolute atomic E-state index is 0.00785. The summed E-state index contributed by atoms with van der Waals surface area (Å²) in [5.74, 6) is -0.0595. The molecule has 6 nitrogen and oxygen atoms in total. The van der Waals surface area contributed by atoms with E-state index in [1.165, 1.54) is 295 Å². The third-order valence-electron chi connectivity index (χ3n) is 16.5. The molecule has 6 heteroatoms. The topological polar surface area (TPSA) is 95.9 Å². The number of esters is 1. The van der Waals surface area contributed by atoms with Crippen molar-refractivity contribution < 1.29 is 24.5 Å². The van der Waals surface area contributed by atoms with E-state index in [0.717, 1.165) is 57.8 Å². The van der Waals surface area contributed by atoms with Gasteiger partial charge in [0.05, 0.1) is 25.4 Å². The Morgan fingerprint density at radius 3 is 0.963 bits per heavy atom. The van der Waals surface area contributed by atoms with Crippen LogP contribution in [0, 0.1) is 0 Å². The number of aliphatic hydroxyl groups is 2. The molecule has 0 aromatic carbocycles. The van der Waals surface area contributed by atoms with Gasteiger partial charge in [-0.2, -0.15) is 0 Å². The molecule has 0 aliphatic rings. The molecule has 0 heterocycles. The van der Waals surface area contributed by atoms with Gasteiger partial charge in [0.25, 0.3) is 0 Å². The highest BCUT2D eigenvalue weighted by Crippen LogP contribution is 2.18. The molecule has 0 rings (SSSR count). The predicted octanol–water partition coefficient (Wildman–Crippen LogP) is 23.4. The van der Waals surface area contributed by atoms with Gasteiger partial charge in [0, 0.05) is 12.8 Å². The largest absolute Gasteiger partial charge is 0.466 e. The summed E-state index contributed by atoms with van der Waals surface area (Å²) in [5, 5.41) is 23.2. The number of hydrogen-bond acceptors (Lipinski definition) is 5. The SMILES string of the molecule is CCCCC/C=C\C/C=C\CCCCCCCCCCCC(=O)OCCCCCCCCCCC/C=C\C/C=C\CCCCCCCCCCCCCCCC(=O)NC(CO)C(O)/C=C/CCCCCCCCCCCCCCCC. The normalized spacial score (nSPS) is 12.9. The Labute approximate surface area is 505 Å². The van der Waals surface area contributed by atoms with E-state index in [0.29, 0.717) is 19.4 Å². The quantitative estimate of drug-likeness (QED) is 0.0320. The van der Waals surface area contributed by atoms with Crippen LogP contribution in [0.2, 0.25) is 0 Å². The molecule has 0 spiro atoms. The van der Waals surface area contributed by atoms with Crippen LogP contribution < -0.4 is 5.32 Å². The molecule has 0 saturated carbocycles. The van der Waals surface area contributed by atoms with Crippen molar-refractivity contribution in [2.75, 3.05) is 13.2 Å². The molecule has 2 unspecified atom stereocenters. The number of rotatable bonds is 67. The Bertz CT molecular complexity index is 1400. The monoisotopic (exact) mass is 1130 g/mol. The summed E-state index contributed by atoms with van der Waals surface area (Å²) in [4.78, 5) is 24.6. The van der Waals surface area contributed by atoms with Crippen LogP contribution in [-0.4, -0.2) is 47.4 Å². The summed E-state index contributed by atoms with van der Waals surface area (Å²) in [5.41, 5.74) is 0. The minimum Gasteiger partial charge on any atom is -0.466 e. The smallest absolute Gasteiger partial charge is 0.305 e. The lowest BCUT2D eigenvalue weighted by molar-refractivity contribution is -0.143. The van der Waals surface area contributed by atoms with Gasteiger partial charge in [-0.05, 0) is 96.3 Å². The molecule has 2 atom stereocenters. The van der Waals surface area contributed by atoms with Crippen LogP contribution in [0.15, 0.2) is 60.8 Å². The van der Waals surface area contributed by atoms with Gasteiger partial charge >= 0.3 is 5.97 Å². The maximum atomic E-state index is 12.5. The van der Waals surface area contributed by atoms with Crippen LogP contribution in [0.1, 0.15) is 380 Å². The first-order valence-electron chi connectivity index (χ1n) is 36.1. The van der Waals surface area contributed by atoms with Crippen LogP contribution >= 0.6 is 0 Å². The number of amides is 1. The molecule has 0 aromatic rings. The summed E-state index contributed by atoms with van der Waals surface area (Å²) in [6.45, 7) is 4.90. The Kier molecular flexibility index (Phi) is 67.9. The second-order valence-corrected chi connectivity index (χ2v) is 24.6. The van der Waals surface area contributed by atoms with Crippen molar-refractivity contribution in [2.24, 2.45) is 0 Å². The van der Waals surface area contributed by atoms with Gasteiger partial charge in [-0.25, -0.2) is 0 Å². The van der Waals surface area contributed by atoms with Crippen molar-refractivity contribution >= 4 is 11.9 Å². The van der Waals surface area contributed by atoms with E-state index in [2.05, 4.69) is 67.8 Å². The Morgan fingerprint density at radius 1 is 0.346 bits per heavy atom. The summed E-state index contributed by atoms with van der Waals surface area (Å²) in [6, 6.07) is -0.630. The van der Waals surface area contributed by atoms with Crippen molar-refractivity contribution in [3.05, 3.63) is 60.8 Å². The highest BCUT2D eigenvalue weighted by molar-refractivity contribution is 5.76. The molecule has 0 aromatic heterocycles. The number of nitrogens with one attached hydrogen (secondary N) is 1. The first-order chi connectivity index (χ1) is 40.0. The van der Waals surface area contributed by atoms with Gasteiger partial charge in [0.2, 0.25) is 5.91 Å². The molecule has 0 fully saturated rings. The van der Waals surface area contributed by atoms with Crippen molar-refractivity contribution in [1.29, 1.82) is 0 Å². The standard InChI is InChI=1S/C75H139NO5/c1-3-5-7-9-11-13-15-17-19-21-33-37-41-45-49-53-57-61-65-69-75(80)81-70-66-62-58-54-50-46-42-38-35-32-30-28-26-24-22-23-25-27-29-31-34-36-40-44-48-52-56-60-64-68-74(79)76-72(71-77)73(78)67-63-59-55-51-47-43-39-20-18-16-14-12-10-8-6-4-2/h11,13,17,19,22,24,28,30,63,67,72-73,77-78H,3-10,12,14-16,18,20-21,23,25-27,29,31-62,64-66,68-71H2,1-2H3,(H,76,79)/b13-11-,19-17-,24-22-,30-28-,67-63+. The molecule has 3 N–H and O–H groups in total. The first-order valence-corrected chi connectivity index (χ1v) is 36.1. The van der Waals surface area contributed by atoms with Crippen LogP contribution in [-0.2, 0) is 14.3 Å². The summed E-state index contributed by atoms with van der Waals surface area (Å²) < 4.78 is 5.50. The zero-order valence-corrected chi connectivity index (χ0v) is 54.3. The van der Waals surface area contributed by atoms with E-state index >= 15 is 0 Å². The number of hydrogen-bond donors (Lipinski definition) is 3. The van der Waals surface area contributed by atoms with Gasteiger partial charge in [-0.15, -0.1) is 0 Å². The zero-order chi connectivity index (χ0) is 58.5. The molecule has 1 amide bonds. The summed E-state index contributed by atoms with van der Waals surface area (Å²) in [7, 11) is 0. The molecule has 81 heavy (non-hydrogen) atoms.